The fourth-order valence-corrected chi connectivity index (χ4v) is 1.87. The minimum atomic E-state index is -0.317. The lowest BCUT2D eigenvalue weighted by molar-refractivity contribution is 0.0601. The third-order valence-electron chi connectivity index (χ3n) is 2.81. The highest BCUT2D eigenvalue weighted by atomic mass is 16.5. The van der Waals surface area contributed by atoms with E-state index in [-0.39, 0.29) is 5.97 Å². The van der Waals surface area contributed by atoms with Crippen molar-refractivity contribution in [2.75, 3.05) is 7.11 Å². The molecule has 1 heterocycles. The van der Waals surface area contributed by atoms with E-state index in [1.165, 1.54) is 7.11 Å². The van der Waals surface area contributed by atoms with E-state index in [4.69, 9.17) is 9.15 Å². The Hall–Kier alpha value is -1.77. The zero-order valence-corrected chi connectivity index (χ0v) is 12.5. The first-order valence-corrected chi connectivity index (χ1v) is 6.65. The van der Waals surface area contributed by atoms with Gasteiger partial charge in [-0.05, 0) is 30.7 Å². The summed E-state index contributed by atoms with van der Waals surface area (Å²) in [6, 6.07) is 5.59. The predicted molar refractivity (Wildman–Crippen MR) is 77.7 cm³/mol. The van der Waals surface area contributed by atoms with Gasteiger partial charge in [-0.15, -0.1) is 0 Å². The standard InChI is InChI=1S/C14H16O3.C2H6/c1-8(2)12-7-10-6-11(14(15)16-4)5-9(3)13(10)17-12;1-2/h5-8H,1-4H3;1-2H3. The summed E-state index contributed by atoms with van der Waals surface area (Å²) in [6.07, 6.45) is 0. The van der Waals surface area contributed by atoms with Gasteiger partial charge >= 0.3 is 5.97 Å². The maximum Gasteiger partial charge on any atom is 0.337 e. The first-order chi connectivity index (χ1) is 9.02. The quantitative estimate of drug-likeness (QED) is 0.738. The molecule has 0 radical (unpaired) electrons. The molecule has 0 saturated heterocycles. The highest BCUT2D eigenvalue weighted by Gasteiger charge is 2.13. The third-order valence-corrected chi connectivity index (χ3v) is 2.81. The molecular weight excluding hydrogens is 240 g/mol. The van der Waals surface area contributed by atoms with Crippen molar-refractivity contribution in [3.8, 4) is 0 Å². The monoisotopic (exact) mass is 262 g/mol. The summed E-state index contributed by atoms with van der Waals surface area (Å²) in [5, 5.41) is 0.953. The second-order valence-corrected chi connectivity index (χ2v) is 4.51. The number of fused-ring (bicyclic) bond motifs is 1. The zero-order chi connectivity index (χ0) is 14.6. The van der Waals surface area contributed by atoms with Crippen molar-refractivity contribution in [3.05, 3.63) is 35.1 Å². The molecule has 2 aromatic rings. The molecule has 104 valence electrons. The second kappa shape index (κ2) is 6.41. The molecule has 0 N–H and O–H groups in total. The number of ether oxygens (including phenoxy) is 1. The van der Waals surface area contributed by atoms with Crippen LogP contribution in [0.4, 0.5) is 0 Å². The average molecular weight is 262 g/mol. The van der Waals surface area contributed by atoms with Gasteiger partial charge in [-0.1, -0.05) is 27.7 Å². The van der Waals surface area contributed by atoms with Crippen LogP contribution < -0.4 is 0 Å². The SMILES string of the molecule is CC.COC(=O)c1cc(C)c2oc(C(C)C)cc2c1. The summed E-state index contributed by atoms with van der Waals surface area (Å²) in [5.74, 6) is 0.954. The first-order valence-electron chi connectivity index (χ1n) is 6.65. The number of esters is 1. The summed E-state index contributed by atoms with van der Waals surface area (Å²) in [7, 11) is 1.39. The van der Waals surface area contributed by atoms with Crippen molar-refractivity contribution >= 4 is 16.9 Å². The molecule has 0 unspecified atom stereocenters. The fourth-order valence-electron chi connectivity index (χ4n) is 1.87. The van der Waals surface area contributed by atoms with Gasteiger partial charge < -0.3 is 9.15 Å². The van der Waals surface area contributed by atoms with E-state index < -0.39 is 0 Å². The van der Waals surface area contributed by atoms with Gasteiger partial charge in [-0.3, -0.25) is 0 Å². The zero-order valence-electron chi connectivity index (χ0n) is 12.5. The highest BCUT2D eigenvalue weighted by molar-refractivity contribution is 5.95. The number of furan rings is 1. The Morgan fingerprint density at radius 3 is 2.37 bits per heavy atom. The molecule has 1 aromatic heterocycles. The maximum atomic E-state index is 11.5. The molecule has 0 aliphatic heterocycles. The number of carbonyl (C=O) groups excluding carboxylic acids is 1. The number of carbonyl (C=O) groups is 1. The molecule has 0 saturated carbocycles. The number of hydrogen-bond donors (Lipinski definition) is 0. The van der Waals surface area contributed by atoms with Gasteiger partial charge in [0.25, 0.3) is 0 Å². The Labute approximate surface area is 114 Å². The lowest BCUT2D eigenvalue weighted by Gasteiger charge is -2.01. The van der Waals surface area contributed by atoms with E-state index in [1.807, 2.05) is 32.9 Å². The van der Waals surface area contributed by atoms with Crippen LogP contribution in [0.5, 0.6) is 0 Å². The Kier molecular flexibility index (Phi) is 5.16. The smallest absolute Gasteiger partial charge is 0.337 e. The molecule has 1 aromatic carbocycles. The van der Waals surface area contributed by atoms with Crippen molar-refractivity contribution in [2.24, 2.45) is 0 Å². The molecular formula is C16H22O3. The molecule has 0 atom stereocenters. The lowest BCUT2D eigenvalue weighted by atomic mass is 10.1. The molecule has 0 amide bonds. The van der Waals surface area contributed by atoms with E-state index in [0.717, 1.165) is 22.3 Å². The average Bonchev–Trinajstić information content (AvgIpc) is 2.85. The van der Waals surface area contributed by atoms with Crippen LogP contribution in [0.15, 0.2) is 22.6 Å². The van der Waals surface area contributed by atoms with Crippen LogP contribution in [-0.4, -0.2) is 13.1 Å². The molecule has 0 aliphatic rings. The van der Waals surface area contributed by atoms with Crippen molar-refractivity contribution in [1.82, 2.24) is 0 Å². The van der Waals surface area contributed by atoms with Crippen LogP contribution in [0.1, 0.15) is 55.3 Å². The van der Waals surface area contributed by atoms with Crippen LogP contribution in [-0.2, 0) is 4.74 Å². The van der Waals surface area contributed by atoms with Gasteiger partial charge in [0, 0.05) is 11.3 Å². The summed E-state index contributed by atoms with van der Waals surface area (Å²) in [4.78, 5) is 11.5. The molecule has 0 spiro atoms. The second-order valence-electron chi connectivity index (χ2n) is 4.51. The van der Waals surface area contributed by atoms with Gasteiger partial charge in [-0.2, -0.15) is 0 Å². The van der Waals surface area contributed by atoms with E-state index in [0.29, 0.717) is 11.5 Å². The maximum absolute atomic E-state index is 11.5. The van der Waals surface area contributed by atoms with E-state index in [2.05, 4.69) is 13.8 Å². The van der Waals surface area contributed by atoms with Crippen LogP contribution in [0.25, 0.3) is 11.0 Å². The molecule has 3 nitrogen and oxygen atoms in total. The van der Waals surface area contributed by atoms with E-state index >= 15 is 0 Å². The Morgan fingerprint density at radius 2 is 1.84 bits per heavy atom. The normalized spacial score (nSPS) is 10.3. The molecule has 19 heavy (non-hydrogen) atoms. The fraction of sp³-hybridized carbons (Fsp3) is 0.438. The molecule has 0 aliphatic carbocycles. The van der Waals surface area contributed by atoms with Crippen LogP contribution in [0.3, 0.4) is 0 Å². The topological polar surface area (TPSA) is 39.4 Å². The summed E-state index contributed by atoms with van der Waals surface area (Å²) >= 11 is 0. The first kappa shape index (κ1) is 15.3. The van der Waals surface area contributed by atoms with Crippen LogP contribution in [0.2, 0.25) is 0 Å². The number of aryl methyl sites for hydroxylation is 1. The van der Waals surface area contributed by atoms with Gasteiger partial charge in [0.15, 0.2) is 0 Å². The minimum absolute atomic E-state index is 0.317. The summed E-state index contributed by atoms with van der Waals surface area (Å²) in [5.41, 5.74) is 2.37. The Morgan fingerprint density at radius 1 is 1.21 bits per heavy atom. The van der Waals surface area contributed by atoms with Gasteiger partial charge in [-0.25, -0.2) is 4.79 Å². The van der Waals surface area contributed by atoms with E-state index in [1.54, 1.807) is 6.07 Å². The lowest BCUT2D eigenvalue weighted by Crippen LogP contribution is -2.01. The minimum Gasteiger partial charge on any atom is -0.465 e. The highest BCUT2D eigenvalue weighted by Crippen LogP contribution is 2.28. The van der Waals surface area contributed by atoms with Crippen LogP contribution >= 0.6 is 0 Å². The third kappa shape index (κ3) is 3.16. The van der Waals surface area contributed by atoms with Crippen molar-refractivity contribution in [3.63, 3.8) is 0 Å². The Balaban J connectivity index is 0.000000861. The van der Waals surface area contributed by atoms with Crippen molar-refractivity contribution in [2.45, 2.75) is 40.5 Å². The van der Waals surface area contributed by atoms with E-state index in [9.17, 15) is 4.79 Å². The molecule has 2 rings (SSSR count). The predicted octanol–water partition coefficient (Wildman–Crippen LogP) is 4.68. The van der Waals surface area contributed by atoms with Crippen molar-refractivity contribution < 1.29 is 13.9 Å². The number of benzene rings is 1. The van der Waals surface area contributed by atoms with Gasteiger partial charge in [0.1, 0.15) is 11.3 Å². The number of rotatable bonds is 2. The number of hydrogen-bond acceptors (Lipinski definition) is 3. The van der Waals surface area contributed by atoms with Gasteiger partial charge in [0.2, 0.25) is 0 Å². The van der Waals surface area contributed by atoms with Crippen molar-refractivity contribution in [1.29, 1.82) is 0 Å². The largest absolute Gasteiger partial charge is 0.465 e. The molecule has 0 bridgehead atoms. The Bertz CT molecular complexity index is 565. The molecule has 0 fully saturated rings. The van der Waals surface area contributed by atoms with Crippen LogP contribution in [0, 0.1) is 6.92 Å². The molecule has 3 heteroatoms. The number of methoxy groups -OCH3 is 1. The summed E-state index contributed by atoms with van der Waals surface area (Å²) < 4.78 is 10.5. The summed E-state index contributed by atoms with van der Waals surface area (Å²) in [6.45, 7) is 10.1. The van der Waals surface area contributed by atoms with Gasteiger partial charge in [0.05, 0.1) is 12.7 Å².